The van der Waals surface area contributed by atoms with Crippen LogP contribution in [0.2, 0.25) is 0 Å². The minimum atomic E-state index is -1.05. The molecule has 3 unspecified atom stereocenters. The summed E-state index contributed by atoms with van der Waals surface area (Å²) in [4.78, 5) is 11.0. The molecule has 1 aromatic heterocycles. The molecule has 5 nitrogen and oxygen atoms in total. The second kappa shape index (κ2) is 11.9. The van der Waals surface area contributed by atoms with Gasteiger partial charge in [0, 0.05) is 18.9 Å². The summed E-state index contributed by atoms with van der Waals surface area (Å²) >= 11 is 6.63. The predicted octanol–water partition coefficient (Wildman–Crippen LogP) is 6.03. The van der Waals surface area contributed by atoms with E-state index >= 15 is 0 Å². The third-order valence-corrected chi connectivity index (χ3v) is 7.26. The molecule has 0 aliphatic heterocycles. The molecular formula is C26H35ClO5. The number of benzene rings is 1. The van der Waals surface area contributed by atoms with E-state index in [-0.39, 0.29) is 35.2 Å². The average molecular weight is 463 g/mol. The van der Waals surface area contributed by atoms with Gasteiger partial charge in [-0.25, -0.2) is 4.79 Å². The largest absolute Gasteiger partial charge is 0.475 e. The Morgan fingerprint density at radius 1 is 1.16 bits per heavy atom. The Kier molecular flexibility index (Phi) is 9.21. The van der Waals surface area contributed by atoms with Gasteiger partial charge in [-0.3, -0.25) is 0 Å². The van der Waals surface area contributed by atoms with Gasteiger partial charge in [0.2, 0.25) is 5.76 Å². The molecule has 2 N–H and O–H groups in total. The van der Waals surface area contributed by atoms with Gasteiger partial charge in [0.1, 0.15) is 5.76 Å². The zero-order valence-corrected chi connectivity index (χ0v) is 19.8. The number of aliphatic hydroxyl groups is 1. The summed E-state index contributed by atoms with van der Waals surface area (Å²) in [6, 6.07) is 11.9. The zero-order chi connectivity index (χ0) is 23.1. The smallest absolute Gasteiger partial charge is 0.371 e. The molecule has 32 heavy (non-hydrogen) atoms. The lowest BCUT2D eigenvalue weighted by Crippen LogP contribution is -2.21. The number of halogens is 1. The van der Waals surface area contributed by atoms with Crippen molar-refractivity contribution in [1.82, 2.24) is 0 Å². The van der Waals surface area contributed by atoms with E-state index in [0.717, 1.165) is 38.5 Å². The Labute approximate surface area is 195 Å². The first kappa shape index (κ1) is 24.8. The maximum absolute atomic E-state index is 11.0. The second-order valence-corrected chi connectivity index (χ2v) is 9.46. The number of rotatable bonds is 12. The molecule has 0 spiro atoms. The third kappa shape index (κ3) is 6.37. The van der Waals surface area contributed by atoms with Crippen LogP contribution in [0.1, 0.15) is 79.0 Å². The summed E-state index contributed by atoms with van der Waals surface area (Å²) < 4.78 is 10.9. The molecule has 2 aromatic rings. The van der Waals surface area contributed by atoms with Crippen molar-refractivity contribution in [2.45, 2.75) is 75.9 Å². The number of carboxylic acids is 1. The van der Waals surface area contributed by atoms with Gasteiger partial charge in [-0.15, -0.1) is 11.6 Å². The molecule has 0 amide bonds. The summed E-state index contributed by atoms with van der Waals surface area (Å²) in [5.41, 5.74) is 2.49. The second-order valence-electron chi connectivity index (χ2n) is 8.90. The molecule has 0 radical (unpaired) electrons. The number of carboxylic acid groups (broad SMARTS) is 1. The Bertz CT molecular complexity index is 846. The van der Waals surface area contributed by atoms with Gasteiger partial charge in [0.05, 0.1) is 12.2 Å². The highest BCUT2D eigenvalue weighted by atomic mass is 35.5. The lowest BCUT2D eigenvalue weighted by molar-refractivity contribution is 0.0660. The number of hydrogen-bond acceptors (Lipinski definition) is 4. The molecule has 1 aromatic carbocycles. The quantitative estimate of drug-likeness (QED) is 0.376. The van der Waals surface area contributed by atoms with Crippen LogP contribution in [0.4, 0.5) is 0 Å². The van der Waals surface area contributed by atoms with Crippen molar-refractivity contribution in [3.8, 4) is 0 Å². The van der Waals surface area contributed by atoms with Crippen molar-refractivity contribution in [3.05, 3.63) is 59.0 Å². The normalized spacial score (nSPS) is 24.0. The van der Waals surface area contributed by atoms with E-state index in [0.29, 0.717) is 18.6 Å². The Morgan fingerprint density at radius 3 is 2.53 bits per heavy atom. The average Bonchev–Trinajstić information content (AvgIpc) is 3.36. The fraction of sp³-hybridized carbons (Fsp3) is 0.577. The first-order valence-corrected chi connectivity index (χ1v) is 12.1. The van der Waals surface area contributed by atoms with Crippen LogP contribution in [-0.2, 0) is 17.6 Å². The van der Waals surface area contributed by atoms with E-state index in [2.05, 4.69) is 31.2 Å². The van der Waals surface area contributed by atoms with E-state index in [4.69, 9.17) is 25.9 Å². The monoisotopic (exact) mass is 462 g/mol. The lowest BCUT2D eigenvalue weighted by Gasteiger charge is -2.23. The molecular weight excluding hydrogens is 428 g/mol. The van der Waals surface area contributed by atoms with Gasteiger partial charge in [0.15, 0.2) is 0 Å². The van der Waals surface area contributed by atoms with Gasteiger partial charge >= 0.3 is 5.97 Å². The Hall–Kier alpha value is -1.82. The predicted molar refractivity (Wildman–Crippen MR) is 125 cm³/mol. The number of alkyl halides is 1. The summed E-state index contributed by atoms with van der Waals surface area (Å²) in [6.45, 7) is 2.16. The fourth-order valence-corrected chi connectivity index (χ4v) is 5.48. The molecule has 0 bridgehead atoms. The van der Waals surface area contributed by atoms with Crippen LogP contribution in [0, 0.1) is 11.8 Å². The maximum Gasteiger partial charge on any atom is 0.371 e. The number of ether oxygens (including phenoxy) is 1. The highest BCUT2D eigenvalue weighted by Gasteiger charge is 2.40. The Morgan fingerprint density at radius 2 is 1.91 bits per heavy atom. The van der Waals surface area contributed by atoms with Gasteiger partial charge < -0.3 is 19.4 Å². The van der Waals surface area contributed by atoms with Gasteiger partial charge in [-0.05, 0) is 73.6 Å². The van der Waals surface area contributed by atoms with E-state index in [9.17, 15) is 9.90 Å². The van der Waals surface area contributed by atoms with E-state index < -0.39 is 5.97 Å². The fourth-order valence-electron chi connectivity index (χ4n) is 4.99. The molecule has 1 fully saturated rings. The van der Waals surface area contributed by atoms with Crippen LogP contribution in [0.15, 0.2) is 40.8 Å². The standard InChI is InChI=1S/C26H35ClO5/c1-3-5-24(31-2)18-11-8-17(9-12-18)10-14-20-21(23(28)16-22(20)27)7-4-6-19-13-15-25(32-19)26(29)30/h8-9,11-13,15,20-24,28H,3-7,10,14,16H2,1-2H3,(H,29,30)/t20-,21-,22?,23?,24?/m1/s1. The number of carbonyl (C=O) groups is 1. The van der Waals surface area contributed by atoms with E-state index in [1.165, 1.54) is 17.2 Å². The van der Waals surface area contributed by atoms with Crippen LogP contribution >= 0.6 is 11.6 Å². The molecule has 176 valence electrons. The molecule has 1 heterocycles. The highest BCUT2D eigenvalue weighted by Crippen LogP contribution is 2.41. The van der Waals surface area contributed by atoms with Gasteiger partial charge in [-0.2, -0.15) is 0 Å². The summed E-state index contributed by atoms with van der Waals surface area (Å²) in [5.74, 6) is 0.0182. The molecule has 6 heteroatoms. The molecule has 1 saturated carbocycles. The van der Waals surface area contributed by atoms with Crippen molar-refractivity contribution in [3.63, 3.8) is 0 Å². The van der Waals surface area contributed by atoms with Gasteiger partial charge in [0.25, 0.3) is 0 Å². The zero-order valence-electron chi connectivity index (χ0n) is 19.0. The minimum Gasteiger partial charge on any atom is -0.475 e. The summed E-state index contributed by atoms with van der Waals surface area (Å²) in [7, 11) is 1.76. The van der Waals surface area contributed by atoms with Crippen molar-refractivity contribution < 1.29 is 24.2 Å². The SMILES string of the molecule is CCCC(OC)c1ccc(CC[C@H]2C(Cl)CC(O)[C@@H]2CCCc2ccc(C(=O)O)o2)cc1. The number of furan rings is 1. The third-order valence-electron chi connectivity index (χ3n) is 6.76. The number of aryl methyl sites for hydroxylation is 2. The van der Waals surface area contributed by atoms with Crippen molar-refractivity contribution in [1.29, 1.82) is 0 Å². The van der Waals surface area contributed by atoms with Crippen LogP contribution in [0.5, 0.6) is 0 Å². The number of hydrogen-bond donors (Lipinski definition) is 2. The summed E-state index contributed by atoms with van der Waals surface area (Å²) in [6.07, 6.45) is 6.73. The van der Waals surface area contributed by atoms with Crippen molar-refractivity contribution >= 4 is 17.6 Å². The number of methoxy groups -OCH3 is 1. The number of aliphatic hydroxyl groups excluding tert-OH is 1. The number of aromatic carboxylic acids is 1. The van der Waals surface area contributed by atoms with Crippen LogP contribution in [0.25, 0.3) is 0 Å². The molecule has 1 aliphatic carbocycles. The topological polar surface area (TPSA) is 79.9 Å². The van der Waals surface area contributed by atoms with E-state index in [1.807, 2.05) is 0 Å². The molecule has 5 atom stereocenters. The summed E-state index contributed by atoms with van der Waals surface area (Å²) in [5, 5.41) is 19.5. The first-order chi connectivity index (χ1) is 15.4. The van der Waals surface area contributed by atoms with Crippen LogP contribution in [-0.4, -0.2) is 34.8 Å². The lowest BCUT2D eigenvalue weighted by atomic mass is 9.85. The first-order valence-electron chi connectivity index (χ1n) is 11.7. The van der Waals surface area contributed by atoms with Crippen LogP contribution < -0.4 is 0 Å². The maximum atomic E-state index is 11.0. The molecule has 0 saturated heterocycles. The van der Waals surface area contributed by atoms with Crippen molar-refractivity contribution in [2.75, 3.05) is 7.11 Å². The molecule has 3 rings (SSSR count). The van der Waals surface area contributed by atoms with Gasteiger partial charge in [-0.1, -0.05) is 37.6 Å². The minimum absolute atomic E-state index is 0.0149. The highest BCUT2D eigenvalue weighted by molar-refractivity contribution is 6.21. The van der Waals surface area contributed by atoms with Crippen molar-refractivity contribution in [2.24, 2.45) is 11.8 Å². The Balaban J connectivity index is 1.53. The van der Waals surface area contributed by atoms with Crippen LogP contribution in [0.3, 0.4) is 0 Å². The molecule has 1 aliphatic rings. The van der Waals surface area contributed by atoms with E-state index in [1.54, 1.807) is 13.2 Å².